The summed E-state index contributed by atoms with van der Waals surface area (Å²) in [7, 11) is 3.73. The van der Waals surface area contributed by atoms with E-state index in [9.17, 15) is 18.7 Å². The van der Waals surface area contributed by atoms with Crippen molar-refractivity contribution in [2.75, 3.05) is 53.4 Å². The molecule has 0 aromatic carbocycles. The maximum atomic E-state index is 13.2. The summed E-state index contributed by atoms with van der Waals surface area (Å²) in [6.07, 6.45) is -0.533. The smallest absolute Gasteiger partial charge is 0.248 e. The Morgan fingerprint density at radius 1 is 1.26 bits per heavy atom. The summed E-state index contributed by atoms with van der Waals surface area (Å²) < 4.78 is 26.3. The Bertz CT molecular complexity index is 391. The molecule has 1 aliphatic heterocycles. The number of carbonyl (C=O) groups is 1. The van der Waals surface area contributed by atoms with Crippen molar-refractivity contribution in [3.63, 3.8) is 0 Å². The molecule has 1 aliphatic carbocycles. The van der Waals surface area contributed by atoms with Crippen molar-refractivity contribution in [3.8, 4) is 0 Å². The quantitative estimate of drug-likeness (QED) is 0.811. The summed E-state index contributed by atoms with van der Waals surface area (Å²) in [5, 5.41) is 10.2. The lowest BCUT2D eigenvalue weighted by Gasteiger charge is -2.35. The molecule has 1 heterocycles. The molecule has 1 saturated carbocycles. The normalized spacial score (nSPS) is 25.3. The Morgan fingerprint density at radius 3 is 2.39 bits per heavy atom. The Kier molecular flexibility index (Phi) is 6.33. The van der Waals surface area contributed by atoms with E-state index in [1.54, 1.807) is 7.05 Å². The van der Waals surface area contributed by atoms with Gasteiger partial charge in [-0.2, -0.15) is 0 Å². The molecule has 0 aromatic heterocycles. The number of aliphatic hydroxyl groups excluding tert-OH is 1. The Hall–Kier alpha value is -0.790. The fourth-order valence-electron chi connectivity index (χ4n) is 3.39. The number of carbonyl (C=O) groups excluding carboxylic acids is 1. The minimum atomic E-state index is -2.61. The minimum absolute atomic E-state index is 0.113. The van der Waals surface area contributed by atoms with E-state index in [2.05, 4.69) is 16.8 Å². The van der Waals surface area contributed by atoms with E-state index in [1.807, 2.05) is 0 Å². The van der Waals surface area contributed by atoms with Crippen LogP contribution in [0.1, 0.15) is 25.7 Å². The average Bonchev–Trinajstić information content (AvgIpc) is 2.49. The Morgan fingerprint density at radius 2 is 1.83 bits per heavy atom. The molecule has 0 aromatic rings. The number of alkyl halides is 2. The van der Waals surface area contributed by atoms with Crippen LogP contribution in [-0.2, 0) is 4.79 Å². The lowest BCUT2D eigenvalue weighted by atomic mass is 9.86. The number of hydrogen-bond acceptors (Lipinski definition) is 4. The van der Waals surface area contributed by atoms with E-state index >= 15 is 0 Å². The second-order valence-electron chi connectivity index (χ2n) is 7.11. The predicted molar refractivity (Wildman–Crippen MR) is 84.5 cm³/mol. The van der Waals surface area contributed by atoms with E-state index in [4.69, 9.17) is 0 Å². The first kappa shape index (κ1) is 18.5. The molecule has 1 atom stereocenters. The van der Waals surface area contributed by atoms with E-state index in [0.717, 1.165) is 26.2 Å². The number of piperazine rings is 1. The van der Waals surface area contributed by atoms with E-state index in [0.29, 0.717) is 6.54 Å². The van der Waals surface area contributed by atoms with Crippen molar-refractivity contribution in [2.24, 2.45) is 5.92 Å². The average molecular weight is 333 g/mol. The van der Waals surface area contributed by atoms with Gasteiger partial charge in [0.25, 0.3) is 0 Å². The first-order valence-corrected chi connectivity index (χ1v) is 8.48. The molecular weight excluding hydrogens is 304 g/mol. The minimum Gasteiger partial charge on any atom is -0.390 e. The van der Waals surface area contributed by atoms with Crippen LogP contribution in [0, 0.1) is 5.92 Å². The number of nitrogens with zero attached hydrogens (tertiary/aromatic N) is 3. The van der Waals surface area contributed by atoms with Gasteiger partial charge < -0.3 is 14.9 Å². The van der Waals surface area contributed by atoms with Crippen LogP contribution in [0.3, 0.4) is 0 Å². The molecule has 2 fully saturated rings. The van der Waals surface area contributed by atoms with Crippen molar-refractivity contribution in [1.82, 2.24) is 14.7 Å². The molecule has 0 radical (unpaired) electrons. The molecule has 23 heavy (non-hydrogen) atoms. The van der Waals surface area contributed by atoms with Crippen molar-refractivity contribution in [1.29, 1.82) is 0 Å². The van der Waals surface area contributed by atoms with Crippen molar-refractivity contribution in [2.45, 2.75) is 37.7 Å². The second-order valence-corrected chi connectivity index (χ2v) is 7.11. The molecule has 1 N–H and O–H groups in total. The molecule has 2 aliphatic rings. The highest BCUT2D eigenvalue weighted by Crippen LogP contribution is 2.36. The highest BCUT2D eigenvalue weighted by Gasteiger charge is 2.38. The van der Waals surface area contributed by atoms with Crippen LogP contribution in [0.4, 0.5) is 8.78 Å². The fourth-order valence-corrected chi connectivity index (χ4v) is 3.39. The largest absolute Gasteiger partial charge is 0.390 e. The summed E-state index contributed by atoms with van der Waals surface area (Å²) >= 11 is 0. The maximum Gasteiger partial charge on any atom is 0.248 e. The first-order valence-electron chi connectivity index (χ1n) is 8.48. The molecule has 0 spiro atoms. The SMILES string of the molecule is CN1CCN(CC(O)CN(C)C(=O)C2CCC(F)(F)CC2)CC1. The number of hydrogen-bond donors (Lipinski definition) is 1. The van der Waals surface area contributed by atoms with Crippen LogP contribution < -0.4 is 0 Å². The summed E-state index contributed by atoms with van der Waals surface area (Å²) in [4.78, 5) is 18.3. The van der Waals surface area contributed by atoms with Crippen molar-refractivity contribution < 1.29 is 18.7 Å². The third-order valence-electron chi connectivity index (χ3n) is 4.99. The van der Waals surface area contributed by atoms with Gasteiger partial charge in [-0.05, 0) is 19.9 Å². The zero-order valence-electron chi connectivity index (χ0n) is 14.2. The van der Waals surface area contributed by atoms with Gasteiger partial charge in [-0.3, -0.25) is 9.69 Å². The van der Waals surface area contributed by atoms with Crippen LogP contribution >= 0.6 is 0 Å². The van der Waals surface area contributed by atoms with Gasteiger partial charge in [0.2, 0.25) is 11.8 Å². The third kappa shape index (κ3) is 5.65. The number of aliphatic hydroxyl groups is 1. The molecule has 134 valence electrons. The van der Waals surface area contributed by atoms with Gasteiger partial charge in [0, 0.05) is 65.1 Å². The van der Waals surface area contributed by atoms with Crippen LogP contribution in [-0.4, -0.2) is 91.1 Å². The standard InChI is InChI=1S/C16H29F2N3O2/c1-19-7-9-21(10-8-19)12-14(22)11-20(2)15(23)13-3-5-16(17,18)6-4-13/h13-14,22H,3-12H2,1-2H3. The molecule has 7 heteroatoms. The zero-order valence-corrected chi connectivity index (χ0v) is 14.2. The van der Waals surface area contributed by atoms with Gasteiger partial charge in [0.05, 0.1) is 6.10 Å². The van der Waals surface area contributed by atoms with Gasteiger partial charge in [0.15, 0.2) is 0 Å². The highest BCUT2D eigenvalue weighted by atomic mass is 19.3. The lowest BCUT2D eigenvalue weighted by Crippen LogP contribution is -2.49. The topological polar surface area (TPSA) is 47.0 Å². The summed E-state index contributed by atoms with van der Waals surface area (Å²) in [6.45, 7) is 4.62. The Balaban J connectivity index is 1.72. The van der Waals surface area contributed by atoms with E-state index in [-0.39, 0.29) is 44.1 Å². The molecule has 5 nitrogen and oxygen atoms in total. The van der Waals surface area contributed by atoms with E-state index < -0.39 is 12.0 Å². The number of halogens is 2. The molecule has 1 unspecified atom stereocenters. The molecule has 0 bridgehead atoms. The van der Waals surface area contributed by atoms with Crippen molar-refractivity contribution >= 4 is 5.91 Å². The number of amides is 1. The zero-order chi connectivity index (χ0) is 17.0. The number of β-amino-alcohol motifs (C(OH)–C–C–N with tert-alkyl or cyclic N) is 1. The first-order chi connectivity index (χ1) is 10.8. The van der Waals surface area contributed by atoms with E-state index in [1.165, 1.54) is 4.90 Å². The van der Waals surface area contributed by atoms with Gasteiger partial charge in [-0.1, -0.05) is 0 Å². The molecular formula is C16H29F2N3O2. The summed E-state index contributed by atoms with van der Waals surface area (Å²) in [5.41, 5.74) is 0. The van der Waals surface area contributed by atoms with Crippen LogP contribution in [0.25, 0.3) is 0 Å². The Labute approximate surface area is 137 Å². The third-order valence-corrected chi connectivity index (χ3v) is 4.99. The number of likely N-dealkylation sites (N-methyl/N-ethyl adjacent to an activating group) is 2. The fraction of sp³-hybridized carbons (Fsp3) is 0.938. The maximum absolute atomic E-state index is 13.2. The summed E-state index contributed by atoms with van der Waals surface area (Å²) in [6, 6.07) is 0. The van der Waals surface area contributed by atoms with Crippen LogP contribution in [0.5, 0.6) is 0 Å². The van der Waals surface area contributed by atoms with Gasteiger partial charge in [0.1, 0.15) is 0 Å². The molecule has 2 rings (SSSR count). The van der Waals surface area contributed by atoms with Gasteiger partial charge in [-0.15, -0.1) is 0 Å². The van der Waals surface area contributed by atoms with Crippen LogP contribution in [0.2, 0.25) is 0 Å². The molecule has 1 saturated heterocycles. The van der Waals surface area contributed by atoms with Crippen molar-refractivity contribution in [3.05, 3.63) is 0 Å². The predicted octanol–water partition coefficient (Wildman–Crippen LogP) is 0.879. The monoisotopic (exact) mass is 333 g/mol. The highest BCUT2D eigenvalue weighted by molar-refractivity contribution is 5.78. The second kappa shape index (κ2) is 7.85. The molecule has 1 amide bonds. The summed E-state index contributed by atoms with van der Waals surface area (Å²) in [5.74, 6) is -3.05. The lowest BCUT2D eigenvalue weighted by molar-refractivity contribution is -0.139. The van der Waals surface area contributed by atoms with Gasteiger partial charge in [-0.25, -0.2) is 8.78 Å². The number of rotatable bonds is 5. The van der Waals surface area contributed by atoms with Gasteiger partial charge >= 0.3 is 0 Å². The van der Waals surface area contributed by atoms with Crippen LogP contribution in [0.15, 0.2) is 0 Å².